The number of hydrogen-bond acceptors (Lipinski definition) is 11. The van der Waals surface area contributed by atoms with Crippen LogP contribution in [0.15, 0.2) is 54.9 Å². The lowest BCUT2D eigenvalue weighted by Gasteiger charge is -2.33. The van der Waals surface area contributed by atoms with E-state index in [1.54, 1.807) is 32.5 Å². The summed E-state index contributed by atoms with van der Waals surface area (Å²) < 4.78 is 33.9. The molecule has 0 bridgehead atoms. The monoisotopic (exact) mass is 800 g/mol. The molecule has 5 aromatic rings. The Bertz CT molecular complexity index is 2250. The van der Waals surface area contributed by atoms with Crippen LogP contribution >= 0.6 is 11.6 Å². The van der Waals surface area contributed by atoms with Crippen molar-refractivity contribution in [2.24, 2.45) is 11.8 Å². The molecular formula is C42H47ClF2N8O4. The lowest BCUT2D eigenvalue weighted by atomic mass is 9.85. The summed E-state index contributed by atoms with van der Waals surface area (Å²) in [6.45, 7) is 6.38. The second kappa shape index (κ2) is 17.3. The molecule has 7 rings (SSSR count). The molecule has 2 atom stereocenters. The minimum atomic E-state index is -2.89. The number of benzene rings is 2. The Labute approximate surface area is 335 Å². The van der Waals surface area contributed by atoms with E-state index in [9.17, 15) is 23.8 Å². The number of aromatic nitrogens is 5. The van der Waals surface area contributed by atoms with Gasteiger partial charge in [-0.25, -0.2) is 23.7 Å². The summed E-state index contributed by atoms with van der Waals surface area (Å²) in [4.78, 5) is 38.4. The number of likely N-dealkylation sites (tertiary alicyclic amines) is 1. The molecule has 2 fully saturated rings. The molecule has 2 aliphatic rings. The number of alkyl halides is 2. The smallest absolute Gasteiger partial charge is 0.306 e. The van der Waals surface area contributed by atoms with Crippen molar-refractivity contribution in [3.8, 4) is 28.3 Å². The average molecular weight is 801 g/mol. The minimum absolute atomic E-state index is 0.165. The van der Waals surface area contributed by atoms with Gasteiger partial charge in [-0.1, -0.05) is 41.9 Å². The van der Waals surface area contributed by atoms with Crippen molar-refractivity contribution in [3.63, 3.8) is 0 Å². The van der Waals surface area contributed by atoms with Gasteiger partial charge in [-0.15, -0.1) is 0 Å². The highest BCUT2D eigenvalue weighted by molar-refractivity contribution is 6.36. The molecule has 0 radical (unpaired) electrons. The van der Waals surface area contributed by atoms with Crippen LogP contribution in [0.5, 0.6) is 5.88 Å². The number of pyridine rings is 1. The van der Waals surface area contributed by atoms with Gasteiger partial charge in [-0.2, -0.15) is 0 Å². The second-order valence-corrected chi connectivity index (χ2v) is 15.6. The van der Waals surface area contributed by atoms with Gasteiger partial charge in [0.2, 0.25) is 5.88 Å². The number of anilines is 2. The lowest BCUT2D eigenvalue weighted by Crippen LogP contribution is -2.36. The summed E-state index contributed by atoms with van der Waals surface area (Å²) >= 11 is 7.14. The van der Waals surface area contributed by atoms with Crippen LogP contribution < -0.4 is 10.1 Å². The number of hydrogen-bond donors (Lipinski definition) is 3. The molecule has 4 heterocycles. The number of carboxylic acid groups (broad SMARTS) is 1. The second-order valence-electron chi connectivity index (χ2n) is 15.2. The van der Waals surface area contributed by atoms with Crippen molar-refractivity contribution in [2.45, 2.75) is 77.6 Å². The van der Waals surface area contributed by atoms with E-state index in [1.165, 1.54) is 0 Å². The molecule has 1 saturated heterocycles. The average Bonchev–Trinajstić information content (AvgIpc) is 3.68. The maximum atomic E-state index is 14.1. The SMILES string of the molecule is COc1nc(-c2cccc(-c3cccc(Nc4nc(C(F)F)nc5cc(CN6CC[C@H]([C@H](C)O)C6)cnc45)c3C)c2Cl)cnc1CN(C)C1CCC(C(=O)O)CC1. The number of methoxy groups -OCH3 is 1. The number of fused-ring (bicyclic) bond motifs is 1. The first kappa shape index (κ1) is 40.3. The number of rotatable bonds is 13. The normalized spacial score (nSPS) is 19.4. The van der Waals surface area contributed by atoms with Crippen LogP contribution in [-0.4, -0.2) is 90.3 Å². The number of nitrogens with zero attached hydrogens (tertiary/aromatic N) is 7. The zero-order valence-electron chi connectivity index (χ0n) is 32.4. The molecule has 3 aromatic heterocycles. The van der Waals surface area contributed by atoms with Crippen LogP contribution in [0.25, 0.3) is 33.4 Å². The summed E-state index contributed by atoms with van der Waals surface area (Å²) in [5.74, 6) is -0.861. The van der Waals surface area contributed by atoms with E-state index in [4.69, 9.17) is 26.3 Å². The van der Waals surface area contributed by atoms with Gasteiger partial charge >= 0.3 is 5.97 Å². The van der Waals surface area contributed by atoms with Crippen molar-refractivity contribution >= 4 is 40.1 Å². The molecule has 0 unspecified atom stereocenters. The molecule has 1 saturated carbocycles. The molecule has 300 valence electrons. The quantitative estimate of drug-likeness (QED) is 0.106. The van der Waals surface area contributed by atoms with Gasteiger partial charge in [0.1, 0.15) is 11.2 Å². The third kappa shape index (κ3) is 8.84. The van der Waals surface area contributed by atoms with Gasteiger partial charge in [0.15, 0.2) is 11.6 Å². The van der Waals surface area contributed by atoms with E-state index in [2.05, 4.69) is 30.1 Å². The van der Waals surface area contributed by atoms with Crippen molar-refractivity contribution in [1.82, 2.24) is 34.7 Å². The molecule has 3 N–H and O–H groups in total. The maximum Gasteiger partial charge on any atom is 0.306 e. The van der Waals surface area contributed by atoms with Crippen molar-refractivity contribution in [3.05, 3.63) is 82.5 Å². The Morgan fingerprint density at radius 1 is 1.04 bits per heavy atom. The van der Waals surface area contributed by atoms with Gasteiger partial charge < -0.3 is 20.3 Å². The summed E-state index contributed by atoms with van der Waals surface area (Å²) in [5, 5.41) is 23.1. The predicted molar refractivity (Wildman–Crippen MR) is 215 cm³/mol. The number of aliphatic hydroxyl groups is 1. The number of carboxylic acids is 1. The zero-order chi connectivity index (χ0) is 40.4. The summed E-state index contributed by atoms with van der Waals surface area (Å²) in [5.41, 5.74) is 6.36. The van der Waals surface area contributed by atoms with Gasteiger partial charge in [0.05, 0.1) is 41.6 Å². The first-order chi connectivity index (χ1) is 27.4. The standard InChI is InChI=1S/C42H47ClF2N8O4/c1-23-29(30-8-5-9-31(36(30)43)34-19-46-35(41(50-34)57-4)22-52(3)28-13-11-26(12-14-28)42(55)56)7-6-10-32(23)48-39-37-33(49-40(51-39)38(44)45)17-25(18-47-37)20-53-16-15-27(21-53)24(2)54/h5-10,17-19,24,26-28,38,54H,11-16,20-22H2,1-4H3,(H,55,56)(H,48,49,51)/t24-,26?,27-,28?/m0/s1. The Hall–Kier alpha value is -4.89. The van der Waals surface area contributed by atoms with Crippen LogP contribution in [0.4, 0.5) is 20.3 Å². The Morgan fingerprint density at radius 2 is 1.77 bits per heavy atom. The van der Waals surface area contributed by atoms with Crippen LogP contribution in [0.3, 0.4) is 0 Å². The number of ether oxygens (including phenoxy) is 1. The van der Waals surface area contributed by atoms with Gasteiger partial charge in [0.25, 0.3) is 6.43 Å². The van der Waals surface area contributed by atoms with E-state index in [-0.39, 0.29) is 29.8 Å². The number of nitrogens with one attached hydrogen (secondary N) is 1. The number of aliphatic hydroxyl groups excluding tert-OH is 1. The summed E-state index contributed by atoms with van der Waals surface area (Å²) in [6, 6.07) is 13.3. The molecule has 1 aliphatic heterocycles. The Morgan fingerprint density at radius 3 is 2.47 bits per heavy atom. The highest BCUT2D eigenvalue weighted by atomic mass is 35.5. The van der Waals surface area contributed by atoms with Gasteiger partial charge in [-0.05, 0) is 94.3 Å². The predicted octanol–water partition coefficient (Wildman–Crippen LogP) is 8.08. The molecule has 57 heavy (non-hydrogen) atoms. The van der Waals surface area contributed by atoms with Crippen LogP contribution in [-0.2, 0) is 17.9 Å². The number of aliphatic carboxylic acids is 1. The third-order valence-electron chi connectivity index (χ3n) is 11.4. The van der Waals surface area contributed by atoms with E-state index < -0.39 is 18.2 Å². The first-order valence-corrected chi connectivity index (χ1v) is 19.6. The Kier molecular flexibility index (Phi) is 12.2. The third-order valence-corrected chi connectivity index (χ3v) is 11.8. The number of carbonyl (C=O) groups is 1. The van der Waals surface area contributed by atoms with Crippen LogP contribution in [0, 0.1) is 18.8 Å². The first-order valence-electron chi connectivity index (χ1n) is 19.2. The highest BCUT2D eigenvalue weighted by Crippen LogP contribution is 2.40. The molecule has 2 aromatic carbocycles. The maximum absolute atomic E-state index is 14.1. The number of halogens is 3. The summed E-state index contributed by atoms with van der Waals surface area (Å²) in [7, 11) is 3.56. The molecule has 0 spiro atoms. The van der Waals surface area contributed by atoms with E-state index in [1.807, 2.05) is 50.4 Å². The van der Waals surface area contributed by atoms with Crippen LogP contribution in [0.1, 0.15) is 68.1 Å². The topological polar surface area (TPSA) is 150 Å². The lowest BCUT2D eigenvalue weighted by molar-refractivity contribution is -0.143. The molecule has 12 nitrogen and oxygen atoms in total. The molecule has 0 amide bonds. The van der Waals surface area contributed by atoms with E-state index in [0.29, 0.717) is 70.5 Å². The fourth-order valence-electron chi connectivity index (χ4n) is 8.06. The van der Waals surface area contributed by atoms with Crippen molar-refractivity contribution in [2.75, 3.05) is 32.6 Å². The fourth-order valence-corrected chi connectivity index (χ4v) is 8.39. The van der Waals surface area contributed by atoms with E-state index >= 15 is 0 Å². The van der Waals surface area contributed by atoms with Gasteiger partial charge in [-0.3, -0.25) is 24.6 Å². The van der Waals surface area contributed by atoms with Gasteiger partial charge in [0, 0.05) is 48.7 Å². The molecule has 1 aliphatic carbocycles. The highest BCUT2D eigenvalue weighted by Gasteiger charge is 2.29. The zero-order valence-corrected chi connectivity index (χ0v) is 33.2. The van der Waals surface area contributed by atoms with E-state index in [0.717, 1.165) is 54.6 Å². The molecule has 15 heteroatoms. The largest absolute Gasteiger partial charge is 0.481 e. The Balaban J connectivity index is 1.13. The minimum Gasteiger partial charge on any atom is -0.481 e. The fraction of sp³-hybridized carbons (Fsp3) is 0.429. The van der Waals surface area contributed by atoms with Crippen molar-refractivity contribution < 1.29 is 28.5 Å². The summed E-state index contributed by atoms with van der Waals surface area (Å²) in [6.07, 6.45) is 3.93. The van der Waals surface area contributed by atoms with Crippen LogP contribution in [0.2, 0.25) is 5.02 Å². The molecular weight excluding hydrogens is 754 g/mol. The van der Waals surface area contributed by atoms with Crippen molar-refractivity contribution in [1.29, 1.82) is 0 Å².